The average Bonchev–Trinajstić information content (AvgIpc) is 3.11. The fourth-order valence-electron chi connectivity index (χ4n) is 2.91. The Morgan fingerprint density at radius 3 is 1.75 bits per heavy atom. The third kappa shape index (κ3) is 9.77. The Morgan fingerprint density at radius 1 is 0.850 bits per heavy atom. The smallest absolute Gasteiger partial charge is 0.0863 e. The molecule has 0 amide bonds. The molecule has 1 fully saturated rings. The molecule has 2 nitrogen and oxygen atoms in total. The summed E-state index contributed by atoms with van der Waals surface area (Å²) in [7, 11) is 0. The summed E-state index contributed by atoms with van der Waals surface area (Å²) in [5.74, 6) is 0. The highest BCUT2D eigenvalue weighted by atomic mass is 16.6. The predicted molar refractivity (Wildman–Crippen MR) is 86.0 cm³/mol. The average molecular weight is 284 g/mol. The molecule has 0 aromatic carbocycles. The van der Waals surface area contributed by atoms with E-state index in [1.54, 1.807) is 0 Å². The first-order chi connectivity index (χ1) is 9.74. The first-order valence-electron chi connectivity index (χ1n) is 9.07. The van der Waals surface area contributed by atoms with Crippen molar-refractivity contribution in [3.8, 4) is 0 Å². The van der Waals surface area contributed by atoms with Crippen molar-refractivity contribution in [2.24, 2.45) is 0 Å². The summed E-state index contributed by atoms with van der Waals surface area (Å²) >= 11 is 0. The molecule has 1 N–H and O–H groups in total. The molecule has 0 aromatic heterocycles. The van der Waals surface area contributed by atoms with Crippen LogP contribution in [0, 0.1) is 0 Å². The topological polar surface area (TPSA) is 32.8 Å². The Morgan fingerprint density at radius 2 is 1.30 bits per heavy atom. The second-order valence-corrected chi connectivity index (χ2v) is 6.59. The second-order valence-electron chi connectivity index (χ2n) is 6.59. The molecule has 0 radical (unpaired) electrons. The van der Waals surface area contributed by atoms with Gasteiger partial charge in [0.05, 0.1) is 18.3 Å². The Labute approximate surface area is 126 Å². The normalized spacial score (nSPS) is 22.9. The van der Waals surface area contributed by atoms with E-state index < -0.39 is 0 Å². The molecule has 0 aliphatic carbocycles. The third-order valence-corrected chi connectivity index (χ3v) is 4.48. The highest BCUT2D eigenvalue weighted by Gasteiger charge is 2.35. The summed E-state index contributed by atoms with van der Waals surface area (Å²) in [5, 5.41) is 9.84. The van der Waals surface area contributed by atoms with E-state index in [4.69, 9.17) is 4.74 Å². The van der Waals surface area contributed by atoms with Crippen LogP contribution in [0.2, 0.25) is 0 Å². The van der Waals surface area contributed by atoms with Crippen LogP contribution in [0.15, 0.2) is 0 Å². The first-order valence-corrected chi connectivity index (χ1v) is 9.07. The summed E-state index contributed by atoms with van der Waals surface area (Å²) in [6, 6.07) is 0. The van der Waals surface area contributed by atoms with Crippen molar-refractivity contribution in [2.45, 2.75) is 116 Å². The van der Waals surface area contributed by atoms with Crippen molar-refractivity contribution in [1.82, 2.24) is 0 Å². The van der Waals surface area contributed by atoms with E-state index in [0.717, 1.165) is 12.8 Å². The van der Waals surface area contributed by atoms with Gasteiger partial charge in [-0.05, 0) is 13.3 Å². The number of aliphatic hydroxyl groups is 1. The van der Waals surface area contributed by atoms with Gasteiger partial charge in [0.25, 0.3) is 0 Å². The van der Waals surface area contributed by atoms with Crippen LogP contribution < -0.4 is 0 Å². The van der Waals surface area contributed by atoms with Gasteiger partial charge in [0.2, 0.25) is 0 Å². The number of aliphatic hydroxyl groups excluding tert-OH is 1. The van der Waals surface area contributed by atoms with Crippen molar-refractivity contribution in [2.75, 3.05) is 0 Å². The number of rotatable bonds is 14. The number of epoxide rings is 1. The summed E-state index contributed by atoms with van der Waals surface area (Å²) in [4.78, 5) is 0. The fraction of sp³-hybridized carbons (Fsp3) is 1.00. The third-order valence-electron chi connectivity index (χ3n) is 4.48. The van der Waals surface area contributed by atoms with Crippen molar-refractivity contribution in [3.63, 3.8) is 0 Å². The van der Waals surface area contributed by atoms with Gasteiger partial charge in [-0.2, -0.15) is 0 Å². The molecule has 20 heavy (non-hydrogen) atoms. The molecule has 0 spiro atoms. The second kappa shape index (κ2) is 11.6. The van der Waals surface area contributed by atoms with Crippen LogP contribution >= 0.6 is 0 Å². The van der Waals surface area contributed by atoms with Gasteiger partial charge in [0.15, 0.2) is 0 Å². The van der Waals surface area contributed by atoms with Gasteiger partial charge in [-0.1, -0.05) is 77.6 Å². The van der Waals surface area contributed by atoms with E-state index in [2.05, 4.69) is 13.8 Å². The Bertz CT molecular complexity index is 217. The maximum atomic E-state index is 9.84. The molecule has 1 rings (SSSR count). The Hall–Kier alpha value is -0.0800. The number of unbranched alkanes of at least 4 members (excludes halogenated alkanes) is 10. The van der Waals surface area contributed by atoms with Crippen LogP contribution in [-0.4, -0.2) is 23.4 Å². The van der Waals surface area contributed by atoms with Crippen LogP contribution in [0.3, 0.4) is 0 Å². The summed E-state index contributed by atoms with van der Waals surface area (Å²) < 4.78 is 5.33. The predicted octanol–water partition coefficient (Wildman–Crippen LogP) is 5.23. The van der Waals surface area contributed by atoms with E-state index in [-0.39, 0.29) is 6.10 Å². The molecule has 0 unspecified atom stereocenters. The molecule has 1 heterocycles. The lowest BCUT2D eigenvalue weighted by Gasteiger charge is -2.08. The van der Waals surface area contributed by atoms with Gasteiger partial charge >= 0.3 is 0 Å². The highest BCUT2D eigenvalue weighted by Crippen LogP contribution is 2.27. The molecule has 3 atom stereocenters. The first kappa shape index (κ1) is 18.0. The van der Waals surface area contributed by atoms with Gasteiger partial charge in [-0.3, -0.25) is 0 Å². The van der Waals surface area contributed by atoms with Gasteiger partial charge in [-0.15, -0.1) is 0 Å². The zero-order chi connectivity index (χ0) is 14.6. The number of hydrogen-bond acceptors (Lipinski definition) is 2. The van der Waals surface area contributed by atoms with Crippen LogP contribution in [-0.2, 0) is 4.74 Å². The van der Waals surface area contributed by atoms with Crippen LogP contribution in [0.5, 0.6) is 0 Å². The molecule has 0 bridgehead atoms. The SMILES string of the molecule is CCCCCCCCCCCCC[C@@H](O)C[C@H]1O[C@@H]1C. The lowest BCUT2D eigenvalue weighted by atomic mass is 10.0. The van der Waals surface area contributed by atoms with E-state index in [0.29, 0.717) is 12.2 Å². The molecule has 1 saturated heterocycles. The summed E-state index contributed by atoms with van der Waals surface area (Å²) in [6.45, 7) is 4.36. The maximum Gasteiger partial charge on any atom is 0.0863 e. The van der Waals surface area contributed by atoms with Gasteiger partial charge in [0, 0.05) is 6.42 Å². The van der Waals surface area contributed by atoms with Crippen molar-refractivity contribution < 1.29 is 9.84 Å². The monoisotopic (exact) mass is 284 g/mol. The van der Waals surface area contributed by atoms with Crippen LogP contribution in [0.25, 0.3) is 0 Å². The van der Waals surface area contributed by atoms with Gasteiger partial charge < -0.3 is 9.84 Å². The standard InChI is InChI=1S/C18H36O2/c1-3-4-5-6-7-8-9-10-11-12-13-14-17(19)15-18-16(2)20-18/h16-19H,3-15H2,1-2H3/t16-,17-,18-/m1/s1. The number of hydrogen-bond donors (Lipinski definition) is 1. The minimum absolute atomic E-state index is 0.136. The molecule has 1 aliphatic rings. The van der Waals surface area contributed by atoms with E-state index >= 15 is 0 Å². The molecule has 2 heteroatoms. The van der Waals surface area contributed by atoms with Crippen molar-refractivity contribution in [3.05, 3.63) is 0 Å². The maximum absolute atomic E-state index is 9.84. The largest absolute Gasteiger partial charge is 0.393 e. The van der Waals surface area contributed by atoms with E-state index in [1.807, 2.05) is 0 Å². The highest BCUT2D eigenvalue weighted by molar-refractivity contribution is 4.82. The van der Waals surface area contributed by atoms with E-state index in [9.17, 15) is 5.11 Å². The molecule has 120 valence electrons. The van der Waals surface area contributed by atoms with Gasteiger partial charge in [-0.25, -0.2) is 0 Å². The molecule has 0 aromatic rings. The molecule has 1 aliphatic heterocycles. The summed E-state index contributed by atoms with van der Waals surface area (Å²) in [6.07, 6.45) is 17.5. The quantitative estimate of drug-likeness (QED) is 0.350. The number of ether oxygens (including phenoxy) is 1. The zero-order valence-electron chi connectivity index (χ0n) is 13.8. The summed E-state index contributed by atoms with van der Waals surface area (Å²) in [5.41, 5.74) is 0. The van der Waals surface area contributed by atoms with Crippen molar-refractivity contribution in [1.29, 1.82) is 0 Å². The Balaban J connectivity index is 1.72. The molecular weight excluding hydrogens is 248 g/mol. The zero-order valence-corrected chi connectivity index (χ0v) is 13.8. The van der Waals surface area contributed by atoms with Crippen LogP contribution in [0.4, 0.5) is 0 Å². The lowest BCUT2D eigenvalue weighted by molar-refractivity contribution is 0.139. The minimum Gasteiger partial charge on any atom is -0.393 e. The van der Waals surface area contributed by atoms with Gasteiger partial charge in [0.1, 0.15) is 0 Å². The minimum atomic E-state index is -0.136. The molecular formula is C18H36O2. The lowest BCUT2D eigenvalue weighted by Crippen LogP contribution is -2.10. The fourth-order valence-corrected chi connectivity index (χ4v) is 2.91. The Kier molecular flexibility index (Phi) is 10.4. The van der Waals surface area contributed by atoms with Crippen LogP contribution in [0.1, 0.15) is 97.3 Å². The molecule has 0 saturated carbocycles. The van der Waals surface area contributed by atoms with E-state index in [1.165, 1.54) is 70.6 Å². The van der Waals surface area contributed by atoms with Crippen molar-refractivity contribution >= 4 is 0 Å².